The fraction of sp³-hybridized carbons (Fsp3) is 0.857. The van der Waals surface area contributed by atoms with E-state index in [9.17, 15) is 9.59 Å². The molecular weight excluding hydrogens is 260 g/mol. The van der Waals surface area contributed by atoms with Gasteiger partial charge in [0, 0.05) is 12.3 Å². The van der Waals surface area contributed by atoms with E-state index in [0.717, 1.165) is 11.5 Å². The molecule has 1 heterocycles. The van der Waals surface area contributed by atoms with Gasteiger partial charge in [-0.05, 0) is 17.6 Å². The van der Waals surface area contributed by atoms with E-state index in [1.165, 1.54) is 0 Å². The van der Waals surface area contributed by atoms with Crippen LogP contribution < -0.4 is 5.32 Å². The molecule has 0 radical (unpaired) electrons. The quantitative estimate of drug-likeness (QED) is 0.757. The summed E-state index contributed by atoms with van der Waals surface area (Å²) in [7, 11) is 0. The number of hydrogen-bond donors (Lipinski definition) is 1. The lowest BCUT2D eigenvalue weighted by Crippen LogP contribution is -2.66. The zero-order valence-corrected chi connectivity index (χ0v) is 13.4. The predicted molar refractivity (Wildman–Crippen MR) is 80.1 cm³/mol. The van der Waals surface area contributed by atoms with Gasteiger partial charge in [0.2, 0.25) is 11.8 Å². The van der Waals surface area contributed by atoms with Gasteiger partial charge in [0.1, 0.15) is 12.1 Å². The maximum atomic E-state index is 12.5. The highest BCUT2D eigenvalue weighted by molar-refractivity contribution is 7.99. The van der Waals surface area contributed by atoms with E-state index in [1.807, 2.05) is 27.7 Å². The molecule has 19 heavy (non-hydrogen) atoms. The summed E-state index contributed by atoms with van der Waals surface area (Å²) in [4.78, 5) is 26.5. The Morgan fingerprint density at radius 3 is 2.32 bits per heavy atom. The van der Waals surface area contributed by atoms with Gasteiger partial charge in [-0.1, -0.05) is 34.6 Å². The van der Waals surface area contributed by atoms with Crippen molar-refractivity contribution in [2.75, 3.05) is 18.1 Å². The third-order valence-corrected chi connectivity index (χ3v) is 4.31. The van der Waals surface area contributed by atoms with Crippen LogP contribution >= 0.6 is 11.8 Å². The molecule has 0 spiro atoms. The van der Waals surface area contributed by atoms with Crippen LogP contribution in [0.1, 0.15) is 34.6 Å². The van der Waals surface area contributed by atoms with Crippen molar-refractivity contribution < 1.29 is 9.59 Å². The van der Waals surface area contributed by atoms with Crippen molar-refractivity contribution in [1.29, 1.82) is 0 Å². The normalized spacial score (nSPS) is 24.3. The van der Waals surface area contributed by atoms with Crippen LogP contribution in [0.25, 0.3) is 0 Å². The fourth-order valence-corrected chi connectivity index (χ4v) is 3.04. The van der Waals surface area contributed by atoms with Gasteiger partial charge in [-0.2, -0.15) is 11.8 Å². The molecule has 0 aromatic rings. The molecule has 4 nitrogen and oxygen atoms in total. The SMILES string of the molecule is CCSCCN1C(=O)C(C(C)C)NC(=O)C1C(C)C. The lowest BCUT2D eigenvalue weighted by Gasteiger charge is -2.42. The van der Waals surface area contributed by atoms with Gasteiger partial charge in [0.05, 0.1) is 0 Å². The highest BCUT2D eigenvalue weighted by Crippen LogP contribution is 2.21. The molecule has 1 saturated heterocycles. The van der Waals surface area contributed by atoms with Gasteiger partial charge in [-0.25, -0.2) is 0 Å². The Morgan fingerprint density at radius 1 is 1.21 bits per heavy atom. The summed E-state index contributed by atoms with van der Waals surface area (Å²) < 4.78 is 0. The number of carbonyl (C=O) groups is 2. The first-order valence-corrected chi connectivity index (χ1v) is 8.24. The smallest absolute Gasteiger partial charge is 0.246 e. The standard InChI is InChI=1S/C14H26N2O2S/c1-6-19-8-7-16-12(10(4)5)13(17)15-11(9(2)3)14(16)18/h9-12H,6-8H2,1-5H3,(H,15,17). The largest absolute Gasteiger partial charge is 0.342 e. The topological polar surface area (TPSA) is 49.4 Å². The minimum Gasteiger partial charge on any atom is -0.342 e. The summed E-state index contributed by atoms with van der Waals surface area (Å²) in [6.45, 7) is 10.7. The van der Waals surface area contributed by atoms with Crippen molar-refractivity contribution in [2.24, 2.45) is 11.8 Å². The third-order valence-electron chi connectivity index (χ3n) is 3.43. The van der Waals surface area contributed by atoms with E-state index in [4.69, 9.17) is 0 Å². The zero-order chi connectivity index (χ0) is 14.6. The van der Waals surface area contributed by atoms with Gasteiger partial charge in [0.25, 0.3) is 0 Å². The molecular formula is C14H26N2O2S. The van der Waals surface area contributed by atoms with Crippen LogP contribution in [-0.2, 0) is 9.59 Å². The average molecular weight is 286 g/mol. The number of piperazine rings is 1. The molecule has 2 atom stereocenters. The number of amides is 2. The van der Waals surface area contributed by atoms with Crippen LogP contribution in [0.2, 0.25) is 0 Å². The number of hydrogen-bond acceptors (Lipinski definition) is 3. The summed E-state index contributed by atoms with van der Waals surface area (Å²) in [5, 5.41) is 2.88. The molecule has 0 aliphatic carbocycles. The summed E-state index contributed by atoms with van der Waals surface area (Å²) in [6.07, 6.45) is 0. The molecule has 0 aromatic carbocycles. The van der Waals surface area contributed by atoms with Gasteiger partial charge in [-0.3, -0.25) is 9.59 Å². The van der Waals surface area contributed by atoms with Crippen LogP contribution in [0.15, 0.2) is 0 Å². The van der Waals surface area contributed by atoms with Crippen molar-refractivity contribution >= 4 is 23.6 Å². The van der Waals surface area contributed by atoms with Gasteiger partial charge < -0.3 is 10.2 Å². The fourth-order valence-electron chi connectivity index (χ4n) is 2.43. The third kappa shape index (κ3) is 3.88. The van der Waals surface area contributed by atoms with Crippen molar-refractivity contribution in [3.05, 3.63) is 0 Å². The number of nitrogens with one attached hydrogen (secondary N) is 1. The Balaban J connectivity index is 2.87. The minimum atomic E-state index is -0.367. The number of nitrogens with zero attached hydrogens (tertiary/aromatic N) is 1. The van der Waals surface area contributed by atoms with Crippen LogP contribution in [0, 0.1) is 11.8 Å². The lowest BCUT2D eigenvalue weighted by atomic mass is 9.93. The Morgan fingerprint density at radius 2 is 1.84 bits per heavy atom. The minimum absolute atomic E-state index is 0.00482. The second-order valence-electron chi connectivity index (χ2n) is 5.65. The first-order valence-electron chi connectivity index (χ1n) is 7.08. The molecule has 2 unspecified atom stereocenters. The molecule has 0 bridgehead atoms. The van der Waals surface area contributed by atoms with Crippen molar-refractivity contribution in [1.82, 2.24) is 10.2 Å². The first kappa shape index (κ1) is 16.3. The molecule has 1 rings (SSSR count). The zero-order valence-electron chi connectivity index (χ0n) is 12.6. The molecule has 110 valence electrons. The average Bonchev–Trinajstić information content (AvgIpc) is 2.32. The molecule has 2 amide bonds. The summed E-state index contributed by atoms with van der Waals surface area (Å²) >= 11 is 1.80. The lowest BCUT2D eigenvalue weighted by molar-refractivity contribution is -0.152. The molecule has 1 aliphatic heterocycles. The molecule has 0 saturated carbocycles. The Bertz CT molecular complexity index is 331. The van der Waals surface area contributed by atoms with E-state index in [2.05, 4.69) is 12.2 Å². The number of carbonyl (C=O) groups excluding carboxylic acids is 2. The van der Waals surface area contributed by atoms with Crippen molar-refractivity contribution in [2.45, 2.75) is 46.7 Å². The highest BCUT2D eigenvalue weighted by atomic mass is 32.2. The van der Waals surface area contributed by atoms with Crippen LogP contribution in [-0.4, -0.2) is 46.8 Å². The molecule has 1 N–H and O–H groups in total. The Hall–Kier alpha value is -0.710. The van der Waals surface area contributed by atoms with E-state index in [0.29, 0.717) is 6.54 Å². The van der Waals surface area contributed by atoms with Crippen LogP contribution in [0.5, 0.6) is 0 Å². The van der Waals surface area contributed by atoms with Crippen LogP contribution in [0.3, 0.4) is 0 Å². The van der Waals surface area contributed by atoms with E-state index < -0.39 is 0 Å². The second-order valence-corrected chi connectivity index (χ2v) is 7.04. The monoisotopic (exact) mass is 286 g/mol. The van der Waals surface area contributed by atoms with Gasteiger partial charge >= 0.3 is 0 Å². The van der Waals surface area contributed by atoms with E-state index in [-0.39, 0.29) is 35.7 Å². The maximum absolute atomic E-state index is 12.5. The van der Waals surface area contributed by atoms with Gasteiger partial charge in [-0.15, -0.1) is 0 Å². The number of thioether (sulfide) groups is 1. The first-order chi connectivity index (χ1) is 8.90. The maximum Gasteiger partial charge on any atom is 0.246 e. The van der Waals surface area contributed by atoms with Crippen molar-refractivity contribution in [3.8, 4) is 0 Å². The van der Waals surface area contributed by atoms with Crippen LogP contribution in [0.4, 0.5) is 0 Å². The van der Waals surface area contributed by atoms with Crippen molar-refractivity contribution in [3.63, 3.8) is 0 Å². The summed E-state index contributed by atoms with van der Waals surface area (Å²) in [5.74, 6) is 2.27. The molecule has 1 fully saturated rings. The highest BCUT2D eigenvalue weighted by Gasteiger charge is 2.42. The second kappa shape index (κ2) is 7.17. The number of rotatable bonds is 6. The summed E-state index contributed by atoms with van der Waals surface area (Å²) in [5.41, 5.74) is 0. The van der Waals surface area contributed by atoms with E-state index >= 15 is 0 Å². The Labute approximate surface area is 120 Å². The van der Waals surface area contributed by atoms with E-state index in [1.54, 1.807) is 16.7 Å². The predicted octanol–water partition coefficient (Wildman–Crippen LogP) is 1.75. The summed E-state index contributed by atoms with van der Waals surface area (Å²) in [6, 6.07) is -0.686. The molecule has 1 aliphatic rings. The van der Waals surface area contributed by atoms with Gasteiger partial charge in [0.15, 0.2) is 0 Å². The molecule has 5 heteroatoms. The Kier molecular flexibility index (Phi) is 6.17. The molecule has 0 aromatic heterocycles.